The van der Waals surface area contributed by atoms with Gasteiger partial charge in [-0.15, -0.1) is 90.7 Å². The first-order valence-electron chi connectivity index (χ1n) is 59.0. The van der Waals surface area contributed by atoms with Gasteiger partial charge in [0.15, 0.2) is 11.2 Å². The van der Waals surface area contributed by atoms with Crippen molar-refractivity contribution in [1.29, 1.82) is 0 Å². The Bertz CT molecular complexity index is 4890. The van der Waals surface area contributed by atoms with Crippen LogP contribution in [0.25, 0.3) is 48.7 Å². The Morgan fingerprint density at radius 2 is 0.521 bits per heavy atom. The second-order valence-corrected chi connectivity index (χ2v) is 51.8. The van der Waals surface area contributed by atoms with E-state index in [2.05, 4.69) is 123 Å². The molecule has 144 heavy (non-hydrogen) atoms. The van der Waals surface area contributed by atoms with Crippen molar-refractivity contribution in [3.8, 4) is 0 Å². The first kappa shape index (κ1) is 119. The highest BCUT2D eigenvalue weighted by Gasteiger charge is 2.59. The van der Waals surface area contributed by atoms with Crippen molar-refractivity contribution >= 4 is 186 Å². The first-order valence-corrected chi connectivity index (χ1v) is 65.8. The van der Waals surface area contributed by atoms with Gasteiger partial charge in [0.2, 0.25) is 0 Å². The van der Waals surface area contributed by atoms with Crippen LogP contribution in [-0.2, 0) is 40.0 Å². The zero-order valence-electron chi connectivity index (χ0n) is 90.5. The molecule has 4 N–H and O–H groups in total. The van der Waals surface area contributed by atoms with E-state index in [0.29, 0.717) is 34.7 Å². The van der Waals surface area contributed by atoms with Gasteiger partial charge < -0.3 is 30.6 Å². The van der Waals surface area contributed by atoms with Crippen LogP contribution in [0.5, 0.6) is 0 Å². The lowest BCUT2D eigenvalue weighted by Crippen LogP contribution is -2.59. The summed E-state index contributed by atoms with van der Waals surface area (Å²) in [5.74, 6) is -3.38. The molecule has 1 aliphatic carbocycles. The molecule has 20 heteroatoms. The number of amides is 4. The Kier molecular flexibility index (Phi) is 55.0. The van der Waals surface area contributed by atoms with Crippen molar-refractivity contribution in [1.82, 2.24) is 10.6 Å². The largest absolute Gasteiger partial charge is 0.374 e. The molecule has 12 nitrogen and oxygen atoms in total. The van der Waals surface area contributed by atoms with Gasteiger partial charge in [-0.25, -0.2) is 0 Å². The van der Waals surface area contributed by atoms with Gasteiger partial charge in [0.05, 0.1) is 34.4 Å². The molecule has 12 rings (SSSR count). The molecule has 8 unspecified atom stereocenters. The lowest BCUT2D eigenvalue weighted by molar-refractivity contribution is -0.168. The number of aliphatic hydroxyl groups is 2. The molecule has 0 bridgehead atoms. The van der Waals surface area contributed by atoms with Gasteiger partial charge in [-0.05, 0) is 157 Å². The van der Waals surface area contributed by atoms with E-state index in [9.17, 15) is 29.4 Å². The smallest absolute Gasteiger partial charge is 0.260 e. The van der Waals surface area contributed by atoms with Crippen molar-refractivity contribution in [2.45, 2.75) is 490 Å². The number of ketones is 2. The monoisotopic (exact) mass is 2120 g/mol. The van der Waals surface area contributed by atoms with E-state index in [0.717, 1.165) is 152 Å². The summed E-state index contributed by atoms with van der Waals surface area (Å²) in [4.78, 5) is 97.6. The van der Waals surface area contributed by atoms with Crippen molar-refractivity contribution in [3.63, 3.8) is 0 Å². The highest BCUT2D eigenvalue weighted by atomic mass is 32.1. The Morgan fingerprint density at radius 1 is 0.299 bits per heavy atom. The zero-order chi connectivity index (χ0) is 102. The normalized spacial score (nSPS) is 16.2. The maximum absolute atomic E-state index is 15.4. The molecule has 1 aromatic carbocycles. The summed E-state index contributed by atoms with van der Waals surface area (Å²) in [6, 6.07) is 21.1. The summed E-state index contributed by atoms with van der Waals surface area (Å²) in [7, 11) is 0. The molecule has 8 aromatic heterocycles. The second-order valence-electron chi connectivity index (χ2n) is 43.6. The minimum atomic E-state index is -2.31. The van der Waals surface area contributed by atoms with Gasteiger partial charge in [0.1, 0.15) is 11.6 Å². The fraction of sp³-hybridized carbons (Fsp3) is 0.694. The molecular formula is C124H188N4O8S8. The topological polar surface area (TPSA) is 173 Å². The number of Topliss-reactive ketones (excluding diaryl/α,β-unsaturated/α-hetero) is 2. The molecule has 1 saturated carbocycles. The van der Waals surface area contributed by atoms with E-state index in [1.807, 2.05) is 22.9 Å². The number of carbonyl (C=O) groups is 6. The van der Waals surface area contributed by atoms with Crippen molar-refractivity contribution in [2.75, 3.05) is 36.0 Å². The molecule has 0 spiro atoms. The van der Waals surface area contributed by atoms with E-state index < -0.39 is 59.3 Å². The average Bonchev–Trinajstić information content (AvgIpc) is 1.56. The van der Waals surface area contributed by atoms with E-state index in [-0.39, 0.29) is 23.7 Å². The van der Waals surface area contributed by atoms with Crippen LogP contribution in [-0.4, -0.2) is 71.6 Å². The van der Waals surface area contributed by atoms with Gasteiger partial charge in [-0.2, -0.15) is 0 Å². The molecule has 2 aliphatic heterocycles. The average molecular weight is 2120 g/mol. The number of anilines is 2. The third-order valence-corrected chi connectivity index (χ3v) is 40.6. The number of benzene rings is 1. The second kappa shape index (κ2) is 66.5. The van der Waals surface area contributed by atoms with Gasteiger partial charge in [-0.3, -0.25) is 28.8 Å². The van der Waals surface area contributed by atoms with Crippen LogP contribution in [0, 0.1) is 35.5 Å². The van der Waals surface area contributed by atoms with Crippen molar-refractivity contribution in [3.05, 3.63) is 112 Å². The lowest BCUT2D eigenvalue weighted by Gasteiger charge is -2.41. The van der Waals surface area contributed by atoms with Gasteiger partial charge >= 0.3 is 0 Å². The molecule has 9 aromatic rings. The Hall–Kier alpha value is -5.26. The number of unbranched alkanes of at least 4 members (excludes halogenated alkanes) is 48. The third kappa shape index (κ3) is 35.9. The standard InChI is InChI=1S/C62H98N2O6S4.C62H90N2O2S4/c1-5-9-13-17-21-23-27-31-35-47(33-29-25-19-15-11-7-3)45-63-59(67)61(69,57-43-55-53(73-57)37-39-71-55)49-41-52(66)50(42-51(49)65)62(70,58-44-56-54(74-58)38-40-72-56)60(68)64-46-48(34-30-26-20-16-12-8-4)36-32-28-24-22-18-14-10-6-2;1-5-9-13-17-21-23-27-31-35-47(33-29-25-19-15-11-7-3)45-63-51-41-50-52(42-49(51)59(61(63)65)57-43-55-53(69-57)37-39-67-55)64(62(66)60(50)58-44-56-54(70-58)38-40-68-56)46-48(34-30-26-20-16-12-8-4)36-32-28-24-22-18-14-10-6-2/h37-40,43-44,47-50,69-70H,5-36,41-42,45-46H2,1-4H3,(H,63,67)(H,64,68);37-44,47-48H,5-36,45-46H2,1-4H3. The number of nitrogens with zero attached hydrogens (tertiary/aromatic N) is 2. The zero-order valence-corrected chi connectivity index (χ0v) is 97.1. The molecule has 1 fully saturated rings. The number of fused-ring (bicyclic) bond motifs is 6. The fourth-order valence-corrected chi connectivity index (χ4v) is 31.8. The van der Waals surface area contributed by atoms with Gasteiger partial charge in [0, 0.05) is 107 Å². The maximum atomic E-state index is 15.4. The van der Waals surface area contributed by atoms with Crippen LogP contribution >= 0.6 is 90.7 Å². The van der Waals surface area contributed by atoms with Crippen LogP contribution in [0.1, 0.15) is 499 Å². The van der Waals surface area contributed by atoms with E-state index in [4.69, 9.17) is 0 Å². The maximum Gasteiger partial charge on any atom is 0.260 e. The summed E-state index contributed by atoms with van der Waals surface area (Å²) in [6.07, 6.45) is 78.3. The predicted octanol–water partition coefficient (Wildman–Crippen LogP) is 36.6. The molecule has 4 amide bonds. The molecule has 10 heterocycles. The Morgan fingerprint density at radius 3 is 0.757 bits per heavy atom. The molecule has 0 saturated heterocycles. The Labute approximate surface area is 902 Å². The number of nitrogens with one attached hydrogen (secondary N) is 2. The number of hydrogen-bond donors (Lipinski definition) is 4. The fourth-order valence-electron chi connectivity index (χ4n) is 23.0. The van der Waals surface area contributed by atoms with Gasteiger partial charge in [-0.1, -0.05) is 415 Å². The third-order valence-electron chi connectivity index (χ3n) is 32.0. The molecule has 8 atom stereocenters. The summed E-state index contributed by atoms with van der Waals surface area (Å²) in [5, 5.41) is 42.7. The van der Waals surface area contributed by atoms with E-state index in [1.165, 1.54) is 398 Å². The lowest BCUT2D eigenvalue weighted by atomic mass is 9.66. The van der Waals surface area contributed by atoms with E-state index in [1.54, 1.807) is 57.5 Å². The SMILES string of the molecule is CCCCCCCCCCC(CCCCCCCC)CN1C(=O)C(c2cc3sccc3s2)=c2cc3c(cc21)=C(c1cc2sccc2s1)C(=O)N3CC(CCCCCCCC)CCCCCCCCCC.CCCCCCCCCCC(CCCCCCCC)CNC(=O)C(O)(c1cc2sccc2s1)C1CC(=O)C(C(O)(C(=O)NCC(CCCCCCCC)CCCCCCCCCC)c2cc3sccc3s2)CC1=O. The van der Waals surface area contributed by atoms with Crippen molar-refractivity contribution < 1.29 is 39.0 Å². The number of hydrogen-bond acceptors (Lipinski definition) is 16. The number of thiophene rings is 8. The van der Waals surface area contributed by atoms with Crippen LogP contribution < -0.4 is 30.9 Å². The highest BCUT2D eigenvalue weighted by molar-refractivity contribution is 7.29. The minimum Gasteiger partial charge on any atom is -0.374 e. The summed E-state index contributed by atoms with van der Waals surface area (Å²) in [5.41, 5.74) is -0.890. The quantitative estimate of drug-likeness (QED) is 0.0273. The Balaban J connectivity index is 0.000000275. The first-order chi connectivity index (χ1) is 70.4. The van der Waals surface area contributed by atoms with Crippen LogP contribution in [0.3, 0.4) is 0 Å². The van der Waals surface area contributed by atoms with Crippen LogP contribution in [0.4, 0.5) is 11.4 Å². The van der Waals surface area contributed by atoms with Crippen LogP contribution in [0.15, 0.2) is 82.2 Å². The van der Waals surface area contributed by atoms with E-state index >= 15 is 9.59 Å². The van der Waals surface area contributed by atoms with Gasteiger partial charge in [0.25, 0.3) is 23.6 Å². The summed E-state index contributed by atoms with van der Waals surface area (Å²) < 4.78 is 8.61. The summed E-state index contributed by atoms with van der Waals surface area (Å²) in [6.45, 7) is 20.4. The molecule has 800 valence electrons. The summed E-state index contributed by atoms with van der Waals surface area (Å²) >= 11 is 12.6. The minimum absolute atomic E-state index is 0.156. The number of carbonyl (C=O) groups excluding carboxylic acids is 6. The predicted molar refractivity (Wildman–Crippen MR) is 629 cm³/mol. The molecular weight excluding hydrogens is 1930 g/mol. The number of rotatable bonds is 80. The molecule has 0 radical (unpaired) electrons. The van der Waals surface area contributed by atoms with Crippen LogP contribution in [0.2, 0.25) is 0 Å². The van der Waals surface area contributed by atoms with Crippen molar-refractivity contribution in [2.24, 2.45) is 35.5 Å². The highest BCUT2D eigenvalue weighted by Crippen LogP contribution is 2.50. The molecule has 3 aliphatic rings.